The normalized spacial score (nSPS) is 21.2. The van der Waals surface area contributed by atoms with Crippen LogP contribution >= 0.6 is 23.1 Å². The molecule has 0 bridgehead atoms. The summed E-state index contributed by atoms with van der Waals surface area (Å²) in [6.45, 7) is 4.63. The van der Waals surface area contributed by atoms with Gasteiger partial charge in [0.2, 0.25) is 10.0 Å². The molecule has 1 aromatic carbocycles. The number of piperidine rings is 1. The van der Waals surface area contributed by atoms with Crippen LogP contribution in [0.5, 0.6) is 5.75 Å². The Hall–Kier alpha value is -3.40. The van der Waals surface area contributed by atoms with Gasteiger partial charge in [-0.05, 0) is 72.7 Å². The molecule has 15 heteroatoms. The second-order valence-electron chi connectivity index (χ2n) is 11.0. The van der Waals surface area contributed by atoms with E-state index in [2.05, 4.69) is 21.4 Å². The number of alkyl halides is 3. The van der Waals surface area contributed by atoms with Crippen LogP contribution < -0.4 is 9.46 Å². The van der Waals surface area contributed by atoms with Gasteiger partial charge in [0.15, 0.2) is 0 Å². The molecule has 0 saturated carbocycles. The van der Waals surface area contributed by atoms with E-state index in [9.17, 15) is 26.4 Å². The van der Waals surface area contributed by atoms with E-state index in [1.807, 2.05) is 29.2 Å². The zero-order valence-electron chi connectivity index (χ0n) is 24.3. The molecule has 6 rings (SSSR count). The number of nitrogens with one attached hydrogen (secondary N) is 1. The number of hydrogen-bond acceptors (Lipinski definition) is 8. The summed E-state index contributed by atoms with van der Waals surface area (Å²) in [5, 5.41) is 4.73. The Balaban J connectivity index is 1.17. The third-order valence-electron chi connectivity index (χ3n) is 8.47. The fourth-order valence-electron chi connectivity index (χ4n) is 6.15. The van der Waals surface area contributed by atoms with Gasteiger partial charge in [0.05, 0.1) is 22.8 Å². The number of fused-ring (bicyclic) bond motifs is 2. The molecule has 2 saturated heterocycles. The number of sulfonamides is 1. The van der Waals surface area contributed by atoms with Crippen LogP contribution in [0.3, 0.4) is 0 Å². The molecule has 2 fully saturated rings. The number of carbonyl (C=O) groups excluding carboxylic acids is 1. The maximum Gasteiger partial charge on any atom is 0.433 e. The van der Waals surface area contributed by atoms with Gasteiger partial charge in [0.25, 0.3) is 5.24 Å². The first kappa shape index (κ1) is 31.6. The molecule has 2 aliphatic heterocycles. The quantitative estimate of drug-likeness (QED) is 0.202. The Morgan fingerprint density at radius 2 is 2.02 bits per heavy atom. The van der Waals surface area contributed by atoms with Crippen molar-refractivity contribution in [3.63, 3.8) is 0 Å². The van der Waals surface area contributed by atoms with E-state index in [0.717, 1.165) is 38.6 Å². The van der Waals surface area contributed by atoms with Gasteiger partial charge < -0.3 is 9.64 Å². The van der Waals surface area contributed by atoms with Crippen molar-refractivity contribution in [1.82, 2.24) is 24.4 Å². The van der Waals surface area contributed by atoms with E-state index in [-0.39, 0.29) is 44.8 Å². The van der Waals surface area contributed by atoms with Gasteiger partial charge >= 0.3 is 6.18 Å². The molecule has 0 unspecified atom stereocenters. The van der Waals surface area contributed by atoms with E-state index in [4.69, 9.17) is 4.74 Å². The Morgan fingerprint density at radius 3 is 2.73 bits per heavy atom. The Bertz CT molecular complexity index is 1870. The van der Waals surface area contributed by atoms with Crippen LogP contribution in [0.4, 0.5) is 18.0 Å². The second-order valence-corrected chi connectivity index (χ2v) is 15.2. The van der Waals surface area contributed by atoms with Crippen LogP contribution in [0.2, 0.25) is 0 Å². The van der Waals surface area contributed by atoms with Gasteiger partial charge in [-0.3, -0.25) is 14.5 Å². The lowest BCUT2D eigenvalue weighted by Crippen LogP contribution is -2.44. The minimum absolute atomic E-state index is 0.0211. The summed E-state index contributed by atoms with van der Waals surface area (Å²) < 4.78 is 75.0. The molecule has 0 aliphatic carbocycles. The van der Waals surface area contributed by atoms with Crippen LogP contribution in [0.25, 0.3) is 21.5 Å². The van der Waals surface area contributed by atoms with E-state index < -0.39 is 21.9 Å². The lowest BCUT2D eigenvalue weighted by atomic mass is 9.79. The summed E-state index contributed by atoms with van der Waals surface area (Å²) in [7, 11) is -1.16. The lowest BCUT2D eigenvalue weighted by molar-refractivity contribution is -0.143. The van der Waals surface area contributed by atoms with Crippen LogP contribution in [-0.2, 0) is 23.2 Å². The molecule has 4 aromatic rings. The third kappa shape index (κ3) is 6.10. The van der Waals surface area contributed by atoms with Crippen molar-refractivity contribution in [3.8, 4) is 16.3 Å². The number of pyridine rings is 1. The van der Waals surface area contributed by atoms with E-state index in [0.29, 0.717) is 30.0 Å². The van der Waals surface area contributed by atoms with E-state index in [1.54, 1.807) is 19.4 Å². The van der Waals surface area contributed by atoms with Crippen molar-refractivity contribution in [2.24, 2.45) is 18.9 Å². The van der Waals surface area contributed by atoms with Gasteiger partial charge in [-0.1, -0.05) is 17.8 Å². The number of ether oxygens (including phenoxy) is 1. The average molecular weight is 678 g/mol. The molecular weight excluding hydrogens is 648 g/mol. The van der Waals surface area contributed by atoms with Crippen LogP contribution in [0.1, 0.15) is 29.3 Å². The van der Waals surface area contributed by atoms with Gasteiger partial charge in [0.1, 0.15) is 21.3 Å². The van der Waals surface area contributed by atoms with Gasteiger partial charge in [0, 0.05) is 37.8 Å². The summed E-state index contributed by atoms with van der Waals surface area (Å²) in [5.74, 6) is 0.561. The summed E-state index contributed by atoms with van der Waals surface area (Å²) >= 11 is 2.16. The predicted octanol–water partition coefficient (Wildman–Crippen LogP) is 6.49. The number of benzene rings is 1. The minimum Gasteiger partial charge on any atom is -0.497 e. The Morgan fingerprint density at radius 1 is 1.22 bits per heavy atom. The maximum atomic E-state index is 13.2. The molecule has 0 spiro atoms. The number of aryl methyl sites for hydroxylation is 1. The first-order valence-electron chi connectivity index (χ1n) is 14.1. The second kappa shape index (κ2) is 12.1. The standard InChI is InChI=1S/C30H30F3N5O4S3/c1-4-17(16-35-45(40,41)27-8-7-25(43-27)23-15-26(30(31,32)33)37(2)36-23)18-10-12-38-24(13-18)28(44-29(38)39)20-9-11-34-22-6-5-19(42-3)14-21(20)22/h4-9,11,14-15,17-18,24,28,35H,1,10,12-13,16H2,2-3H3/t17-,18-,24-,28+/m0/s1. The zero-order valence-corrected chi connectivity index (χ0v) is 26.8. The van der Waals surface area contributed by atoms with Crippen LogP contribution in [0, 0.1) is 11.8 Å². The molecular formula is C30H30F3N5O4S3. The molecule has 3 aromatic heterocycles. The van der Waals surface area contributed by atoms with Crippen LogP contribution in [0.15, 0.2) is 65.5 Å². The summed E-state index contributed by atoms with van der Waals surface area (Å²) in [4.78, 5) is 19.8. The van der Waals surface area contributed by atoms with Crippen molar-refractivity contribution in [1.29, 1.82) is 0 Å². The molecule has 1 N–H and O–H groups in total. The van der Waals surface area contributed by atoms with Gasteiger partial charge in [-0.25, -0.2) is 13.1 Å². The SMILES string of the molecule is C=C[C@@H](CNS(=O)(=O)c1ccc(-c2cc(C(F)(F)F)n(C)n2)s1)[C@H]1CCN2C(=O)S[C@H](c3ccnc4ccc(OC)cc34)[C@@H]2C1. The first-order chi connectivity index (χ1) is 21.4. The van der Waals surface area contributed by atoms with Crippen molar-refractivity contribution in [2.75, 3.05) is 20.2 Å². The summed E-state index contributed by atoms with van der Waals surface area (Å²) in [6, 6.07) is 11.3. The predicted molar refractivity (Wildman–Crippen MR) is 168 cm³/mol. The molecule has 9 nitrogen and oxygen atoms in total. The van der Waals surface area contributed by atoms with E-state index >= 15 is 0 Å². The molecule has 4 atom stereocenters. The first-order valence-corrected chi connectivity index (χ1v) is 17.3. The highest BCUT2D eigenvalue weighted by Crippen LogP contribution is 2.50. The molecule has 1 amide bonds. The highest BCUT2D eigenvalue weighted by Gasteiger charge is 2.46. The highest BCUT2D eigenvalue weighted by molar-refractivity contribution is 8.14. The maximum absolute atomic E-state index is 13.2. The van der Waals surface area contributed by atoms with Gasteiger partial charge in [-0.2, -0.15) is 18.3 Å². The van der Waals surface area contributed by atoms with E-state index in [1.165, 1.54) is 30.9 Å². The highest BCUT2D eigenvalue weighted by atomic mass is 32.2. The topological polar surface area (TPSA) is 106 Å². The Kier molecular flexibility index (Phi) is 8.48. The minimum atomic E-state index is -4.58. The number of methoxy groups -OCH3 is 1. The number of halogens is 3. The number of thiophene rings is 1. The van der Waals surface area contributed by atoms with Crippen molar-refractivity contribution in [3.05, 3.63) is 72.6 Å². The number of carbonyl (C=O) groups is 1. The monoisotopic (exact) mass is 677 g/mol. The van der Waals surface area contributed by atoms with Crippen molar-refractivity contribution in [2.45, 2.75) is 34.5 Å². The number of nitrogens with zero attached hydrogens (tertiary/aromatic N) is 4. The fraction of sp³-hybridized carbons (Fsp3) is 0.367. The molecule has 2 aliphatic rings. The molecule has 238 valence electrons. The van der Waals surface area contributed by atoms with Gasteiger partial charge in [-0.15, -0.1) is 17.9 Å². The Labute approximate surface area is 266 Å². The number of hydrogen-bond donors (Lipinski definition) is 1. The summed E-state index contributed by atoms with van der Waals surface area (Å²) in [6.07, 6.45) is 0.288. The largest absolute Gasteiger partial charge is 0.497 e. The smallest absolute Gasteiger partial charge is 0.433 e. The van der Waals surface area contributed by atoms with Crippen molar-refractivity contribution >= 4 is 49.3 Å². The number of aromatic nitrogens is 3. The number of rotatable bonds is 9. The molecule has 0 radical (unpaired) electrons. The fourth-order valence-corrected chi connectivity index (χ4v) is 9.86. The number of amides is 1. The summed E-state index contributed by atoms with van der Waals surface area (Å²) in [5.41, 5.74) is 0.942. The molecule has 5 heterocycles. The number of thioether (sulfide) groups is 1. The zero-order chi connectivity index (χ0) is 32.1. The average Bonchev–Trinajstić information content (AvgIpc) is 3.74. The van der Waals surface area contributed by atoms with Crippen LogP contribution in [-0.4, -0.2) is 59.6 Å². The molecule has 45 heavy (non-hydrogen) atoms. The lowest BCUT2D eigenvalue weighted by Gasteiger charge is -2.39. The third-order valence-corrected chi connectivity index (χ3v) is 12.8. The van der Waals surface area contributed by atoms with Crippen molar-refractivity contribution < 1.29 is 31.1 Å².